The summed E-state index contributed by atoms with van der Waals surface area (Å²) >= 11 is 0. The fourth-order valence-electron chi connectivity index (χ4n) is 4.75. The Morgan fingerprint density at radius 1 is 1.06 bits per heavy atom. The van der Waals surface area contributed by atoms with Gasteiger partial charge in [0.05, 0.1) is 11.1 Å². The minimum atomic E-state index is -0.509. The first kappa shape index (κ1) is 21.1. The van der Waals surface area contributed by atoms with Gasteiger partial charge in [-0.2, -0.15) is 10.4 Å². The van der Waals surface area contributed by atoms with Crippen LogP contribution in [0.25, 0.3) is 33.2 Å². The van der Waals surface area contributed by atoms with E-state index in [9.17, 15) is 4.39 Å². The lowest BCUT2D eigenvalue weighted by Gasteiger charge is -2.32. The highest BCUT2D eigenvalue weighted by molar-refractivity contribution is 5.90. The summed E-state index contributed by atoms with van der Waals surface area (Å²) in [6.45, 7) is 4.21. The highest BCUT2D eigenvalue weighted by Gasteiger charge is 2.21. The number of nitriles is 1. The molecule has 0 radical (unpaired) electrons. The molecule has 0 unspecified atom stereocenters. The Balaban J connectivity index is 1.61. The van der Waals surface area contributed by atoms with E-state index >= 15 is 0 Å². The Bertz CT molecular complexity index is 1360. The molecule has 6 heteroatoms. The molecule has 0 spiro atoms. The van der Waals surface area contributed by atoms with E-state index in [4.69, 9.17) is 10.2 Å². The van der Waals surface area contributed by atoms with Crippen molar-refractivity contribution < 1.29 is 4.39 Å². The normalized spacial score (nSPS) is 14.5. The third kappa shape index (κ3) is 4.07. The molecule has 1 saturated heterocycles. The molecule has 166 valence electrons. The van der Waals surface area contributed by atoms with Crippen LogP contribution in [0.5, 0.6) is 0 Å². The van der Waals surface area contributed by atoms with Gasteiger partial charge in [0.2, 0.25) is 0 Å². The van der Waals surface area contributed by atoms with Crippen molar-refractivity contribution >= 4 is 16.7 Å². The molecule has 0 atom stereocenters. The van der Waals surface area contributed by atoms with Crippen molar-refractivity contribution in [1.82, 2.24) is 14.8 Å². The van der Waals surface area contributed by atoms with Gasteiger partial charge < -0.3 is 4.90 Å². The molecule has 3 heterocycles. The number of anilines is 1. The molecule has 5 rings (SSSR count). The van der Waals surface area contributed by atoms with Crippen molar-refractivity contribution in [3.63, 3.8) is 0 Å². The van der Waals surface area contributed by atoms with Gasteiger partial charge in [0.15, 0.2) is 0 Å². The number of piperidine rings is 1. The van der Waals surface area contributed by atoms with Crippen LogP contribution in [0.4, 0.5) is 10.2 Å². The first-order chi connectivity index (χ1) is 16.1. The summed E-state index contributed by atoms with van der Waals surface area (Å²) in [7, 11) is 1.91. The molecule has 4 aromatic rings. The van der Waals surface area contributed by atoms with Gasteiger partial charge in [-0.15, -0.1) is 0 Å². The summed E-state index contributed by atoms with van der Waals surface area (Å²) < 4.78 is 16.4. The zero-order chi connectivity index (χ0) is 22.9. The Kier molecular flexibility index (Phi) is 5.55. The molecule has 0 N–H and O–H groups in total. The van der Waals surface area contributed by atoms with E-state index in [0.29, 0.717) is 0 Å². The van der Waals surface area contributed by atoms with Gasteiger partial charge >= 0.3 is 0 Å². The van der Waals surface area contributed by atoms with Crippen LogP contribution in [-0.2, 0) is 7.05 Å². The minimum absolute atomic E-state index is 0.0491. The van der Waals surface area contributed by atoms with Gasteiger partial charge in [0.1, 0.15) is 17.7 Å². The molecule has 0 saturated carbocycles. The second kappa shape index (κ2) is 8.67. The predicted molar refractivity (Wildman–Crippen MR) is 129 cm³/mol. The summed E-state index contributed by atoms with van der Waals surface area (Å²) in [4.78, 5) is 7.14. The van der Waals surface area contributed by atoms with Gasteiger partial charge in [0.25, 0.3) is 0 Å². The lowest BCUT2D eigenvalue weighted by Crippen LogP contribution is -2.34. The number of pyridine rings is 1. The molecule has 5 nitrogen and oxygen atoms in total. The zero-order valence-electron chi connectivity index (χ0n) is 18.9. The third-order valence-corrected chi connectivity index (χ3v) is 6.74. The molecular formula is C27H26FN5. The summed E-state index contributed by atoms with van der Waals surface area (Å²) in [6, 6.07) is 14.9. The number of benzene rings is 2. The van der Waals surface area contributed by atoms with E-state index in [2.05, 4.69) is 29.1 Å². The molecule has 33 heavy (non-hydrogen) atoms. The molecule has 1 aliphatic heterocycles. The minimum Gasteiger partial charge on any atom is -0.357 e. The van der Waals surface area contributed by atoms with E-state index in [1.807, 2.05) is 43.7 Å². The second-order valence-corrected chi connectivity index (χ2v) is 8.81. The van der Waals surface area contributed by atoms with Crippen molar-refractivity contribution in [2.45, 2.75) is 26.2 Å². The molecule has 1 fully saturated rings. The van der Waals surface area contributed by atoms with Crippen LogP contribution >= 0.6 is 0 Å². The molecule has 0 aliphatic carbocycles. The lowest BCUT2D eigenvalue weighted by atomic mass is 9.93. The van der Waals surface area contributed by atoms with E-state index in [1.54, 1.807) is 10.7 Å². The van der Waals surface area contributed by atoms with Crippen molar-refractivity contribution in [2.24, 2.45) is 13.0 Å². The fourth-order valence-corrected chi connectivity index (χ4v) is 4.75. The number of rotatable bonds is 4. The summed E-state index contributed by atoms with van der Waals surface area (Å²) in [5, 5.41) is 14.7. The molecular weight excluding hydrogens is 413 g/mol. The Morgan fingerprint density at radius 2 is 1.82 bits per heavy atom. The molecule has 0 amide bonds. The van der Waals surface area contributed by atoms with E-state index in [0.717, 1.165) is 58.0 Å². The summed E-state index contributed by atoms with van der Waals surface area (Å²) in [6.07, 6.45) is 7.42. The van der Waals surface area contributed by atoms with Gasteiger partial charge in [0, 0.05) is 43.5 Å². The number of aryl methyl sites for hydroxylation is 1. The lowest BCUT2D eigenvalue weighted by molar-refractivity contribution is 0.394. The van der Waals surface area contributed by atoms with E-state index < -0.39 is 5.82 Å². The number of fused-ring (bicyclic) bond motifs is 1. The molecule has 1 aliphatic rings. The number of halogens is 1. The second-order valence-electron chi connectivity index (χ2n) is 8.81. The molecule has 0 bridgehead atoms. The van der Waals surface area contributed by atoms with Crippen LogP contribution in [0.1, 0.15) is 31.7 Å². The third-order valence-electron chi connectivity index (χ3n) is 6.74. The predicted octanol–water partition coefficient (Wildman–Crippen LogP) is 5.94. The van der Waals surface area contributed by atoms with Gasteiger partial charge in [-0.3, -0.25) is 4.68 Å². The quantitative estimate of drug-likeness (QED) is 0.395. The topological polar surface area (TPSA) is 57.7 Å². The number of nitrogens with zero attached hydrogens (tertiary/aromatic N) is 5. The summed E-state index contributed by atoms with van der Waals surface area (Å²) in [5.41, 5.74) is 4.55. The number of hydrogen-bond acceptors (Lipinski definition) is 4. The Labute approximate surface area is 193 Å². The monoisotopic (exact) mass is 439 g/mol. The first-order valence-electron chi connectivity index (χ1n) is 11.4. The van der Waals surface area contributed by atoms with Crippen LogP contribution in [0.2, 0.25) is 0 Å². The number of hydrogen-bond donors (Lipinski definition) is 0. The average Bonchev–Trinajstić information content (AvgIpc) is 3.23. The average molecular weight is 440 g/mol. The number of aromatic nitrogens is 3. The maximum absolute atomic E-state index is 14.6. The van der Waals surface area contributed by atoms with Crippen molar-refractivity contribution in [1.29, 1.82) is 5.26 Å². The van der Waals surface area contributed by atoms with Gasteiger partial charge in [-0.1, -0.05) is 25.5 Å². The van der Waals surface area contributed by atoms with Crippen molar-refractivity contribution in [3.05, 3.63) is 66.2 Å². The van der Waals surface area contributed by atoms with E-state index in [-0.39, 0.29) is 5.56 Å². The summed E-state index contributed by atoms with van der Waals surface area (Å²) in [5.74, 6) is 1.18. The molecule has 2 aromatic carbocycles. The zero-order valence-corrected chi connectivity index (χ0v) is 18.9. The van der Waals surface area contributed by atoms with Crippen molar-refractivity contribution in [2.75, 3.05) is 18.0 Å². The standard InChI is InChI=1S/C27H26FN5/c1-3-18-8-10-33(11-9-18)27-14-23(20-4-5-21(15-29)25(28)13-20)24(16-30-27)19-6-7-26-22(12-19)17-32(2)31-26/h4-7,12-14,16-18H,3,8-11H2,1-2H3. The Hall–Kier alpha value is -3.72. The van der Waals surface area contributed by atoms with Crippen molar-refractivity contribution in [3.8, 4) is 28.3 Å². The molecule has 2 aromatic heterocycles. The van der Waals surface area contributed by atoms with Gasteiger partial charge in [-0.05, 0) is 65.8 Å². The fraction of sp³-hybridized carbons (Fsp3) is 0.296. The van der Waals surface area contributed by atoms with Crippen LogP contribution in [0.3, 0.4) is 0 Å². The first-order valence-corrected chi connectivity index (χ1v) is 11.4. The smallest absolute Gasteiger partial charge is 0.141 e. The van der Waals surface area contributed by atoms with Crippen LogP contribution in [-0.4, -0.2) is 27.9 Å². The van der Waals surface area contributed by atoms with E-state index in [1.165, 1.54) is 25.3 Å². The van der Waals surface area contributed by atoms with Crippen LogP contribution in [0.15, 0.2) is 54.9 Å². The maximum Gasteiger partial charge on any atom is 0.141 e. The highest BCUT2D eigenvalue weighted by Crippen LogP contribution is 2.36. The largest absolute Gasteiger partial charge is 0.357 e. The van der Waals surface area contributed by atoms with Gasteiger partial charge in [-0.25, -0.2) is 9.37 Å². The SMILES string of the molecule is CCC1CCN(c2cc(-c3ccc(C#N)c(F)c3)c(-c3ccc4nn(C)cc4c3)cn2)CC1. The Morgan fingerprint density at radius 3 is 2.55 bits per heavy atom. The van der Waals surface area contributed by atoms with Crippen LogP contribution < -0.4 is 4.90 Å². The maximum atomic E-state index is 14.6. The van der Waals surface area contributed by atoms with Crippen LogP contribution in [0, 0.1) is 23.1 Å². The highest BCUT2D eigenvalue weighted by atomic mass is 19.1.